The van der Waals surface area contributed by atoms with Gasteiger partial charge in [-0.1, -0.05) is 12.1 Å². The van der Waals surface area contributed by atoms with Crippen LogP contribution in [0, 0.1) is 0 Å². The Hall–Kier alpha value is -1.67. The van der Waals surface area contributed by atoms with Gasteiger partial charge in [-0.3, -0.25) is 19.7 Å². The first-order valence-electron chi connectivity index (χ1n) is 7.71. The van der Waals surface area contributed by atoms with Crippen LogP contribution in [0.25, 0.3) is 0 Å². The third-order valence-corrected chi connectivity index (χ3v) is 4.24. The molecule has 1 aromatic carbocycles. The summed E-state index contributed by atoms with van der Waals surface area (Å²) in [6.45, 7) is 5.19. The molecular weight excluding hydrogens is 332 g/mol. The van der Waals surface area contributed by atoms with E-state index in [1.807, 2.05) is 7.05 Å². The second kappa shape index (κ2) is 8.43. The van der Waals surface area contributed by atoms with Crippen molar-refractivity contribution in [3.8, 4) is 0 Å². The molecule has 1 heterocycles. The molecule has 134 valence electrons. The number of amides is 2. The lowest BCUT2D eigenvalue weighted by Gasteiger charge is -2.40. The van der Waals surface area contributed by atoms with E-state index in [9.17, 15) is 14.8 Å². The molecule has 2 amide bonds. The maximum Gasteiger partial charge on any atom is 0.305 e. The highest BCUT2D eigenvalue weighted by Gasteiger charge is 2.32. The van der Waals surface area contributed by atoms with Crippen LogP contribution < -0.4 is 22.8 Å². The first kappa shape index (κ1) is 20.4. The Labute approximate surface area is 148 Å². The molecule has 8 heteroatoms. The molecule has 1 aliphatic heterocycles. The molecule has 24 heavy (non-hydrogen) atoms. The van der Waals surface area contributed by atoms with Gasteiger partial charge in [0.25, 0.3) is 0 Å². The quantitative estimate of drug-likeness (QED) is 0.364. The molecule has 2 rings (SSSR count). The third kappa shape index (κ3) is 5.17. The number of hydrogen-bond donors (Lipinski definition) is 2. The summed E-state index contributed by atoms with van der Waals surface area (Å²) in [5.74, 6) is -0.633. The van der Waals surface area contributed by atoms with Crippen molar-refractivity contribution in [2.45, 2.75) is 6.92 Å². The molecule has 0 aromatic heterocycles. The summed E-state index contributed by atoms with van der Waals surface area (Å²) in [7, 11) is 4.09. The van der Waals surface area contributed by atoms with Gasteiger partial charge in [-0.15, -0.1) is 0 Å². The van der Waals surface area contributed by atoms with Crippen LogP contribution in [-0.4, -0.2) is 73.2 Å². The van der Waals surface area contributed by atoms with E-state index in [4.69, 9.17) is 0 Å². The largest absolute Gasteiger partial charge is 1.00 e. The van der Waals surface area contributed by atoms with E-state index in [2.05, 4.69) is 17.3 Å². The summed E-state index contributed by atoms with van der Waals surface area (Å²) in [6, 6.07) is 6.71. The lowest BCUT2D eigenvalue weighted by molar-refractivity contribution is -0.906. The lowest BCUT2D eigenvalue weighted by atomic mass is 10.2. The van der Waals surface area contributed by atoms with Crippen molar-refractivity contribution in [1.29, 1.82) is 0 Å². The van der Waals surface area contributed by atoms with Gasteiger partial charge in [0.15, 0.2) is 6.54 Å². The summed E-state index contributed by atoms with van der Waals surface area (Å²) in [5.41, 5.74) is 0.699. The Balaban J connectivity index is 0.00000288. The number of hydroxylamine groups is 1. The maximum atomic E-state index is 12.5. The molecule has 1 fully saturated rings. The zero-order valence-corrected chi connectivity index (χ0v) is 15.1. The number of benzene rings is 1. The average molecular weight is 357 g/mol. The third-order valence-electron chi connectivity index (χ3n) is 4.24. The molecule has 0 atom stereocenters. The normalized spacial score (nSPS) is 16.8. The Morgan fingerprint density at radius 1 is 1.29 bits per heavy atom. The van der Waals surface area contributed by atoms with Crippen molar-refractivity contribution in [3.05, 3.63) is 24.3 Å². The number of nitrogens with one attached hydrogen (secondary N) is 1. The van der Waals surface area contributed by atoms with E-state index in [1.54, 1.807) is 24.3 Å². The summed E-state index contributed by atoms with van der Waals surface area (Å²) >= 11 is 0. The van der Waals surface area contributed by atoms with Gasteiger partial charge in [0.2, 0.25) is 5.91 Å². The Morgan fingerprint density at radius 3 is 2.46 bits per heavy atom. The van der Waals surface area contributed by atoms with Gasteiger partial charge in [0.05, 0.1) is 31.5 Å². The highest BCUT2D eigenvalue weighted by Crippen LogP contribution is 2.25. The SMILES string of the molecule is CC(=O)Nc1ccccc1N(O)C(=O)C[N+]1(C)CCN(C)CC1.[Cl-]. The summed E-state index contributed by atoms with van der Waals surface area (Å²) in [4.78, 5) is 26.0. The van der Waals surface area contributed by atoms with E-state index in [1.165, 1.54) is 6.92 Å². The number of para-hydroxylation sites is 2. The second-order valence-corrected chi connectivity index (χ2v) is 6.43. The Morgan fingerprint density at radius 2 is 1.88 bits per heavy atom. The molecule has 0 unspecified atom stereocenters. The van der Waals surface area contributed by atoms with Gasteiger partial charge in [-0.25, -0.2) is 0 Å². The van der Waals surface area contributed by atoms with E-state index >= 15 is 0 Å². The molecule has 0 aliphatic carbocycles. The van der Waals surface area contributed by atoms with Crippen molar-refractivity contribution < 1.29 is 31.7 Å². The maximum absolute atomic E-state index is 12.5. The molecule has 0 radical (unpaired) electrons. The van der Waals surface area contributed by atoms with E-state index in [-0.39, 0.29) is 36.5 Å². The van der Waals surface area contributed by atoms with Crippen LogP contribution in [0.15, 0.2) is 24.3 Å². The molecule has 0 spiro atoms. The monoisotopic (exact) mass is 356 g/mol. The Kier molecular flexibility index (Phi) is 7.16. The molecule has 2 N–H and O–H groups in total. The second-order valence-electron chi connectivity index (χ2n) is 6.43. The van der Waals surface area contributed by atoms with Gasteiger partial charge in [0.1, 0.15) is 0 Å². The molecule has 0 saturated carbocycles. The van der Waals surface area contributed by atoms with Gasteiger partial charge in [-0.05, 0) is 19.2 Å². The Bertz CT molecular complexity index is 588. The van der Waals surface area contributed by atoms with Crippen LogP contribution in [0.2, 0.25) is 0 Å². The van der Waals surface area contributed by atoms with Crippen molar-refractivity contribution in [3.63, 3.8) is 0 Å². The number of nitrogens with zero attached hydrogens (tertiary/aromatic N) is 3. The van der Waals surface area contributed by atoms with Crippen molar-refractivity contribution in [2.24, 2.45) is 0 Å². The number of carbonyl (C=O) groups is 2. The smallest absolute Gasteiger partial charge is 0.305 e. The topological polar surface area (TPSA) is 72.9 Å². The fourth-order valence-electron chi connectivity index (χ4n) is 2.69. The predicted molar refractivity (Wildman–Crippen MR) is 88.3 cm³/mol. The predicted octanol–water partition coefficient (Wildman–Crippen LogP) is -2.24. The first-order chi connectivity index (χ1) is 10.8. The van der Waals surface area contributed by atoms with Gasteiger partial charge >= 0.3 is 5.91 Å². The minimum absolute atomic E-state index is 0. The summed E-state index contributed by atoms with van der Waals surface area (Å²) in [5, 5.41) is 13.6. The summed E-state index contributed by atoms with van der Waals surface area (Å²) < 4.78 is 0.600. The highest BCUT2D eigenvalue weighted by atomic mass is 35.5. The fourth-order valence-corrected chi connectivity index (χ4v) is 2.69. The molecule has 1 aliphatic rings. The standard InChI is InChI=1S/C16H24N4O3.ClH/c1-13(21)17-14-6-4-5-7-15(14)19(23)16(22)12-20(3)10-8-18(2)9-11-20;/h4-7,23H,8-12H2,1-3H3;1H. The number of halogens is 1. The molecule has 1 saturated heterocycles. The minimum Gasteiger partial charge on any atom is -1.00 e. The van der Waals surface area contributed by atoms with Gasteiger partial charge in [0, 0.05) is 20.0 Å². The van der Waals surface area contributed by atoms with Crippen molar-refractivity contribution >= 4 is 23.2 Å². The zero-order valence-electron chi connectivity index (χ0n) is 14.3. The molecule has 1 aromatic rings. The van der Waals surface area contributed by atoms with Crippen LogP contribution in [0.3, 0.4) is 0 Å². The van der Waals surface area contributed by atoms with Crippen LogP contribution in [0.1, 0.15) is 6.92 Å². The first-order valence-corrected chi connectivity index (χ1v) is 7.71. The number of anilines is 2. The molecule has 0 bridgehead atoms. The number of quaternary nitrogens is 1. The van der Waals surface area contributed by atoms with E-state index in [0.29, 0.717) is 15.2 Å². The van der Waals surface area contributed by atoms with Crippen LogP contribution in [-0.2, 0) is 9.59 Å². The average Bonchev–Trinajstić information content (AvgIpc) is 2.50. The molecular formula is C16H25ClN4O3. The number of hydrogen-bond acceptors (Lipinski definition) is 4. The lowest BCUT2D eigenvalue weighted by Crippen LogP contribution is -3.00. The van der Waals surface area contributed by atoms with Gasteiger partial charge < -0.3 is 22.2 Å². The van der Waals surface area contributed by atoms with Crippen LogP contribution in [0.5, 0.6) is 0 Å². The molecule has 7 nitrogen and oxygen atoms in total. The highest BCUT2D eigenvalue weighted by molar-refractivity contribution is 5.99. The minimum atomic E-state index is -0.380. The zero-order chi connectivity index (χ0) is 17.0. The van der Waals surface area contributed by atoms with Crippen molar-refractivity contribution in [1.82, 2.24) is 4.90 Å². The van der Waals surface area contributed by atoms with Crippen LogP contribution >= 0.6 is 0 Å². The fraction of sp³-hybridized carbons (Fsp3) is 0.500. The summed E-state index contributed by atoms with van der Waals surface area (Å²) in [6.07, 6.45) is 0. The van der Waals surface area contributed by atoms with E-state index in [0.717, 1.165) is 26.2 Å². The number of carbonyl (C=O) groups excluding carboxylic acids is 2. The number of likely N-dealkylation sites (N-methyl/N-ethyl adjacent to an activating group) is 2. The van der Waals surface area contributed by atoms with Crippen LogP contribution in [0.4, 0.5) is 11.4 Å². The number of piperazine rings is 1. The van der Waals surface area contributed by atoms with E-state index < -0.39 is 0 Å². The van der Waals surface area contributed by atoms with Gasteiger partial charge in [-0.2, -0.15) is 5.06 Å². The van der Waals surface area contributed by atoms with Crippen molar-refractivity contribution in [2.75, 3.05) is 57.2 Å². The number of rotatable bonds is 4.